The third kappa shape index (κ3) is 4.15. The molecule has 4 nitrogen and oxygen atoms in total. The fourth-order valence-corrected chi connectivity index (χ4v) is 1.55. The van der Waals surface area contributed by atoms with E-state index in [4.69, 9.17) is 0 Å². The van der Waals surface area contributed by atoms with Crippen molar-refractivity contribution in [2.75, 3.05) is 7.11 Å². The molecular formula is C14H15F2NO3. The van der Waals surface area contributed by atoms with E-state index >= 15 is 0 Å². The van der Waals surface area contributed by atoms with Gasteiger partial charge in [-0.2, -0.15) is 0 Å². The number of nitrogens with one attached hydrogen (secondary N) is 1. The van der Waals surface area contributed by atoms with E-state index in [1.807, 2.05) is 0 Å². The molecule has 1 aromatic carbocycles. The molecule has 0 radical (unpaired) electrons. The Bertz CT molecular complexity index is 517. The summed E-state index contributed by atoms with van der Waals surface area (Å²) in [7, 11) is 1.20. The second kappa shape index (κ2) is 7.37. The SMILES string of the molecule is C=CCC[C@H](NC(=O)c1ccc(F)c(F)c1)C(=O)OC. The summed E-state index contributed by atoms with van der Waals surface area (Å²) < 4.78 is 30.4. The fourth-order valence-electron chi connectivity index (χ4n) is 1.55. The van der Waals surface area contributed by atoms with Gasteiger partial charge >= 0.3 is 5.97 Å². The fraction of sp³-hybridized carbons (Fsp3) is 0.286. The number of esters is 1. The smallest absolute Gasteiger partial charge is 0.328 e. The lowest BCUT2D eigenvalue weighted by Gasteiger charge is -2.15. The second-order valence-corrected chi connectivity index (χ2v) is 4.04. The monoisotopic (exact) mass is 283 g/mol. The molecule has 0 unspecified atom stereocenters. The zero-order chi connectivity index (χ0) is 15.1. The van der Waals surface area contributed by atoms with E-state index in [0.29, 0.717) is 12.8 Å². The Morgan fingerprint density at radius 3 is 2.65 bits per heavy atom. The maximum Gasteiger partial charge on any atom is 0.328 e. The van der Waals surface area contributed by atoms with Crippen molar-refractivity contribution in [3.05, 3.63) is 48.1 Å². The van der Waals surface area contributed by atoms with Crippen LogP contribution in [0.15, 0.2) is 30.9 Å². The summed E-state index contributed by atoms with van der Waals surface area (Å²) in [4.78, 5) is 23.4. The Balaban J connectivity index is 2.81. The van der Waals surface area contributed by atoms with Crippen LogP contribution in [-0.2, 0) is 9.53 Å². The van der Waals surface area contributed by atoms with Crippen molar-refractivity contribution in [3.63, 3.8) is 0 Å². The molecule has 1 N–H and O–H groups in total. The van der Waals surface area contributed by atoms with Crippen molar-refractivity contribution in [2.45, 2.75) is 18.9 Å². The van der Waals surface area contributed by atoms with Crippen LogP contribution in [0.1, 0.15) is 23.2 Å². The van der Waals surface area contributed by atoms with Gasteiger partial charge in [0.05, 0.1) is 7.11 Å². The second-order valence-electron chi connectivity index (χ2n) is 4.04. The van der Waals surface area contributed by atoms with E-state index in [-0.39, 0.29) is 5.56 Å². The van der Waals surface area contributed by atoms with Gasteiger partial charge in [-0.3, -0.25) is 4.79 Å². The molecule has 20 heavy (non-hydrogen) atoms. The molecule has 1 rings (SSSR count). The average Bonchev–Trinajstić information content (AvgIpc) is 2.45. The number of hydrogen-bond acceptors (Lipinski definition) is 3. The lowest BCUT2D eigenvalue weighted by Crippen LogP contribution is -2.41. The van der Waals surface area contributed by atoms with E-state index in [0.717, 1.165) is 18.2 Å². The highest BCUT2D eigenvalue weighted by atomic mass is 19.2. The van der Waals surface area contributed by atoms with Crippen molar-refractivity contribution >= 4 is 11.9 Å². The van der Waals surface area contributed by atoms with Gasteiger partial charge in [-0.15, -0.1) is 6.58 Å². The highest BCUT2D eigenvalue weighted by molar-refractivity contribution is 5.96. The lowest BCUT2D eigenvalue weighted by molar-refractivity contribution is -0.143. The summed E-state index contributed by atoms with van der Waals surface area (Å²) in [5, 5.41) is 2.42. The molecule has 0 fully saturated rings. The van der Waals surface area contributed by atoms with Gasteiger partial charge in [-0.05, 0) is 31.0 Å². The average molecular weight is 283 g/mol. The first-order chi connectivity index (χ1) is 9.49. The van der Waals surface area contributed by atoms with Crippen LogP contribution in [0.25, 0.3) is 0 Å². The molecule has 0 saturated carbocycles. The minimum absolute atomic E-state index is 0.0728. The number of carbonyl (C=O) groups is 2. The first-order valence-electron chi connectivity index (χ1n) is 5.94. The van der Waals surface area contributed by atoms with Crippen LogP contribution in [0.3, 0.4) is 0 Å². The van der Waals surface area contributed by atoms with E-state index in [1.165, 1.54) is 7.11 Å². The first kappa shape index (κ1) is 15.8. The van der Waals surface area contributed by atoms with Crippen LogP contribution < -0.4 is 5.32 Å². The van der Waals surface area contributed by atoms with E-state index < -0.39 is 29.6 Å². The summed E-state index contributed by atoms with van der Waals surface area (Å²) in [6.45, 7) is 3.52. The van der Waals surface area contributed by atoms with Gasteiger partial charge in [0.25, 0.3) is 5.91 Å². The molecule has 0 aliphatic rings. The number of rotatable bonds is 6. The minimum atomic E-state index is -1.13. The zero-order valence-electron chi connectivity index (χ0n) is 11.0. The van der Waals surface area contributed by atoms with Crippen molar-refractivity contribution in [3.8, 4) is 0 Å². The largest absolute Gasteiger partial charge is 0.467 e. The molecule has 6 heteroatoms. The molecule has 1 aromatic rings. The van der Waals surface area contributed by atoms with E-state index in [1.54, 1.807) is 6.08 Å². The normalized spacial score (nSPS) is 11.6. The van der Waals surface area contributed by atoms with Crippen LogP contribution in [0, 0.1) is 11.6 Å². The highest BCUT2D eigenvalue weighted by Gasteiger charge is 2.21. The van der Waals surface area contributed by atoms with Gasteiger partial charge in [0.1, 0.15) is 6.04 Å². The molecule has 1 amide bonds. The van der Waals surface area contributed by atoms with Crippen molar-refractivity contribution in [2.24, 2.45) is 0 Å². The van der Waals surface area contributed by atoms with Crippen molar-refractivity contribution in [1.29, 1.82) is 0 Å². The zero-order valence-corrected chi connectivity index (χ0v) is 11.0. The third-order valence-corrected chi connectivity index (χ3v) is 2.63. The number of methoxy groups -OCH3 is 1. The van der Waals surface area contributed by atoms with Gasteiger partial charge in [0, 0.05) is 5.56 Å². The van der Waals surface area contributed by atoms with Gasteiger partial charge in [-0.1, -0.05) is 6.08 Å². The summed E-state index contributed by atoms with van der Waals surface area (Å²) in [5.41, 5.74) is -0.0728. The Morgan fingerprint density at radius 2 is 2.10 bits per heavy atom. The topological polar surface area (TPSA) is 55.4 Å². The predicted octanol–water partition coefficient (Wildman–Crippen LogP) is 2.20. The Labute approximate surface area is 115 Å². The maximum absolute atomic E-state index is 13.0. The molecule has 0 heterocycles. The Hall–Kier alpha value is -2.24. The predicted molar refractivity (Wildman–Crippen MR) is 69.1 cm³/mol. The standard InChI is InChI=1S/C14H15F2NO3/c1-3-4-5-12(14(19)20-2)17-13(18)9-6-7-10(15)11(16)8-9/h3,6-8,12H,1,4-5H2,2H3,(H,17,18)/t12-/m0/s1. The van der Waals surface area contributed by atoms with E-state index in [9.17, 15) is 18.4 Å². The van der Waals surface area contributed by atoms with Gasteiger partial charge < -0.3 is 10.1 Å². The summed E-state index contributed by atoms with van der Waals surface area (Å²) in [5.74, 6) is -3.46. The van der Waals surface area contributed by atoms with Crippen LogP contribution in [0.4, 0.5) is 8.78 Å². The van der Waals surface area contributed by atoms with Gasteiger partial charge in [0.15, 0.2) is 11.6 Å². The number of hydrogen-bond donors (Lipinski definition) is 1. The number of benzene rings is 1. The van der Waals surface area contributed by atoms with Crippen LogP contribution in [0.2, 0.25) is 0 Å². The summed E-state index contributed by atoms with van der Waals surface area (Å²) >= 11 is 0. The Kier molecular flexibility index (Phi) is 5.83. The molecule has 0 saturated heterocycles. The highest BCUT2D eigenvalue weighted by Crippen LogP contribution is 2.09. The molecular weight excluding hydrogens is 268 g/mol. The minimum Gasteiger partial charge on any atom is -0.467 e. The third-order valence-electron chi connectivity index (χ3n) is 2.63. The molecule has 0 aliphatic carbocycles. The lowest BCUT2D eigenvalue weighted by atomic mass is 10.1. The molecule has 0 aliphatic heterocycles. The van der Waals surface area contributed by atoms with Crippen molar-refractivity contribution in [1.82, 2.24) is 5.32 Å². The molecule has 1 atom stereocenters. The number of allylic oxidation sites excluding steroid dienone is 1. The van der Waals surface area contributed by atoms with Crippen molar-refractivity contribution < 1.29 is 23.1 Å². The van der Waals surface area contributed by atoms with Crippen LogP contribution >= 0.6 is 0 Å². The van der Waals surface area contributed by atoms with Gasteiger partial charge in [-0.25, -0.2) is 13.6 Å². The maximum atomic E-state index is 13.0. The van der Waals surface area contributed by atoms with Gasteiger partial charge in [0.2, 0.25) is 0 Å². The first-order valence-corrected chi connectivity index (χ1v) is 5.94. The quantitative estimate of drug-likeness (QED) is 0.643. The molecule has 0 spiro atoms. The van der Waals surface area contributed by atoms with E-state index in [2.05, 4.69) is 16.6 Å². The molecule has 0 aromatic heterocycles. The summed E-state index contributed by atoms with van der Waals surface area (Å²) in [6.07, 6.45) is 2.41. The Morgan fingerprint density at radius 1 is 1.40 bits per heavy atom. The number of halogens is 2. The number of carbonyl (C=O) groups excluding carboxylic acids is 2. The van der Waals surface area contributed by atoms with Crippen LogP contribution in [0.5, 0.6) is 0 Å². The number of ether oxygens (including phenoxy) is 1. The number of amides is 1. The molecule has 108 valence electrons. The summed E-state index contributed by atoms with van der Waals surface area (Å²) in [6, 6.07) is 1.89. The molecule has 0 bridgehead atoms. The van der Waals surface area contributed by atoms with Crippen LogP contribution in [-0.4, -0.2) is 25.0 Å².